The van der Waals surface area contributed by atoms with Crippen LogP contribution in [0.1, 0.15) is 99.7 Å². The number of carbonyl (C=O) groups excluding carboxylic acids is 2. The maximum absolute atomic E-state index is 12.0. The van der Waals surface area contributed by atoms with Gasteiger partial charge in [-0.2, -0.15) is 0 Å². The molecule has 2 aromatic heterocycles. The van der Waals surface area contributed by atoms with E-state index in [1.807, 2.05) is 0 Å². The third kappa shape index (κ3) is 6.65. The Bertz CT molecular complexity index is 1100. The SMILES string of the molecule is CC(=O)O[C@H](c1nc(-c2ccc(C(=O)O)c([C@@H](OC(C)=O)C(C)(C)C)n2)ccc1C(=O)O)C(C)(C)C. The highest BCUT2D eigenvalue weighted by molar-refractivity contribution is 5.90. The number of carbonyl (C=O) groups is 4. The van der Waals surface area contributed by atoms with Crippen molar-refractivity contribution in [2.24, 2.45) is 10.8 Å². The molecule has 0 aromatic carbocycles. The van der Waals surface area contributed by atoms with E-state index >= 15 is 0 Å². The molecule has 0 aliphatic rings. The molecule has 2 aromatic rings. The molecule has 10 nitrogen and oxygen atoms in total. The minimum absolute atomic E-state index is 0.0284. The summed E-state index contributed by atoms with van der Waals surface area (Å²) < 4.78 is 10.9. The average molecular weight is 501 g/mol. The Labute approximate surface area is 209 Å². The monoisotopic (exact) mass is 500 g/mol. The zero-order valence-electron chi connectivity index (χ0n) is 21.7. The van der Waals surface area contributed by atoms with Gasteiger partial charge in [0.05, 0.1) is 33.9 Å². The number of nitrogens with zero attached hydrogens (tertiary/aromatic N) is 2. The number of aromatic carboxylic acids is 2. The second-order valence-corrected chi connectivity index (χ2v) is 10.6. The topological polar surface area (TPSA) is 153 Å². The minimum atomic E-state index is -1.25. The van der Waals surface area contributed by atoms with Crippen molar-refractivity contribution in [2.45, 2.75) is 67.6 Å². The lowest BCUT2D eigenvalue weighted by Gasteiger charge is -2.31. The van der Waals surface area contributed by atoms with Gasteiger partial charge in [-0.1, -0.05) is 41.5 Å². The van der Waals surface area contributed by atoms with Crippen LogP contribution in [0.4, 0.5) is 0 Å². The van der Waals surface area contributed by atoms with Crippen LogP contribution in [0.15, 0.2) is 24.3 Å². The summed E-state index contributed by atoms with van der Waals surface area (Å²) >= 11 is 0. The van der Waals surface area contributed by atoms with E-state index in [0.717, 1.165) is 0 Å². The lowest BCUT2D eigenvalue weighted by molar-refractivity contribution is -0.153. The molecule has 10 heteroatoms. The summed E-state index contributed by atoms with van der Waals surface area (Å²) in [5.74, 6) is -3.69. The lowest BCUT2D eigenvalue weighted by Crippen LogP contribution is -2.27. The Morgan fingerprint density at radius 2 is 0.972 bits per heavy atom. The Morgan fingerprint density at radius 3 is 1.19 bits per heavy atom. The first-order chi connectivity index (χ1) is 16.4. The number of hydrogen-bond donors (Lipinski definition) is 2. The fraction of sp³-hybridized carbons (Fsp3) is 0.462. The summed E-state index contributed by atoms with van der Waals surface area (Å²) in [4.78, 5) is 56.5. The number of pyridine rings is 2. The number of esters is 2. The number of rotatable bonds is 7. The minimum Gasteiger partial charge on any atom is -0.478 e. The van der Waals surface area contributed by atoms with Crippen molar-refractivity contribution in [3.05, 3.63) is 46.8 Å². The Balaban J connectivity index is 2.81. The number of ether oxygens (including phenoxy) is 2. The Kier molecular flexibility index (Phi) is 8.23. The highest BCUT2D eigenvalue weighted by Crippen LogP contribution is 2.40. The van der Waals surface area contributed by atoms with E-state index < -0.39 is 46.9 Å². The summed E-state index contributed by atoms with van der Waals surface area (Å²) in [6, 6.07) is 5.54. The fourth-order valence-corrected chi connectivity index (χ4v) is 3.61. The Morgan fingerprint density at radius 1 is 0.667 bits per heavy atom. The predicted octanol–water partition coefficient (Wildman–Crippen LogP) is 4.84. The highest BCUT2D eigenvalue weighted by Gasteiger charge is 2.36. The molecule has 0 aliphatic heterocycles. The molecule has 0 spiro atoms. The van der Waals surface area contributed by atoms with Crippen LogP contribution in [0.5, 0.6) is 0 Å². The van der Waals surface area contributed by atoms with Gasteiger partial charge < -0.3 is 19.7 Å². The number of hydrogen-bond acceptors (Lipinski definition) is 8. The van der Waals surface area contributed by atoms with Gasteiger partial charge >= 0.3 is 23.9 Å². The molecule has 0 fully saturated rings. The third-order valence-electron chi connectivity index (χ3n) is 5.21. The van der Waals surface area contributed by atoms with Crippen LogP contribution in [-0.2, 0) is 19.1 Å². The molecular formula is C26H32N2O8. The van der Waals surface area contributed by atoms with Gasteiger partial charge in [-0.15, -0.1) is 0 Å². The third-order valence-corrected chi connectivity index (χ3v) is 5.21. The van der Waals surface area contributed by atoms with Gasteiger partial charge in [0.2, 0.25) is 0 Å². The summed E-state index contributed by atoms with van der Waals surface area (Å²) in [6.45, 7) is 13.2. The van der Waals surface area contributed by atoms with E-state index in [0.29, 0.717) is 0 Å². The van der Waals surface area contributed by atoms with Crippen LogP contribution < -0.4 is 0 Å². The smallest absolute Gasteiger partial charge is 0.337 e. The predicted molar refractivity (Wildman–Crippen MR) is 129 cm³/mol. The van der Waals surface area contributed by atoms with Gasteiger partial charge in [-0.05, 0) is 24.3 Å². The van der Waals surface area contributed by atoms with Gasteiger partial charge in [0.15, 0.2) is 0 Å². The van der Waals surface area contributed by atoms with E-state index in [-0.39, 0.29) is 33.9 Å². The van der Waals surface area contributed by atoms with Crippen molar-refractivity contribution in [1.82, 2.24) is 9.97 Å². The quantitative estimate of drug-likeness (QED) is 0.505. The van der Waals surface area contributed by atoms with Gasteiger partial charge in [-0.25, -0.2) is 19.6 Å². The first kappa shape index (κ1) is 28.4. The molecule has 0 saturated carbocycles. The summed E-state index contributed by atoms with van der Waals surface area (Å²) in [5.41, 5.74) is -1.17. The van der Waals surface area contributed by atoms with Crippen molar-refractivity contribution in [3.63, 3.8) is 0 Å². The second kappa shape index (κ2) is 10.4. The molecule has 36 heavy (non-hydrogen) atoms. The molecule has 0 radical (unpaired) electrons. The zero-order valence-corrected chi connectivity index (χ0v) is 21.7. The molecule has 194 valence electrons. The van der Waals surface area contributed by atoms with Crippen molar-refractivity contribution in [1.29, 1.82) is 0 Å². The summed E-state index contributed by atoms with van der Waals surface area (Å²) in [7, 11) is 0. The molecule has 0 amide bonds. The maximum atomic E-state index is 12.0. The van der Waals surface area contributed by atoms with Gasteiger partial charge in [-0.3, -0.25) is 9.59 Å². The van der Waals surface area contributed by atoms with Crippen LogP contribution in [0.3, 0.4) is 0 Å². The van der Waals surface area contributed by atoms with Gasteiger partial charge in [0, 0.05) is 24.7 Å². The average Bonchev–Trinajstić information content (AvgIpc) is 2.73. The van der Waals surface area contributed by atoms with Crippen molar-refractivity contribution in [2.75, 3.05) is 0 Å². The highest BCUT2D eigenvalue weighted by atomic mass is 16.5. The van der Waals surface area contributed by atoms with Crippen LogP contribution in [0, 0.1) is 10.8 Å². The Hall–Kier alpha value is -3.82. The normalized spacial score (nSPS) is 13.4. The van der Waals surface area contributed by atoms with Crippen molar-refractivity contribution in [3.8, 4) is 11.4 Å². The maximum Gasteiger partial charge on any atom is 0.337 e. The summed E-state index contributed by atoms with van der Waals surface area (Å²) in [5, 5.41) is 19.5. The largest absolute Gasteiger partial charge is 0.478 e. The molecule has 0 bridgehead atoms. The number of aromatic nitrogens is 2. The number of carboxylic acids is 2. The van der Waals surface area contributed by atoms with E-state index in [1.54, 1.807) is 41.5 Å². The number of carboxylic acid groups (broad SMARTS) is 2. The molecule has 2 heterocycles. The molecular weight excluding hydrogens is 468 g/mol. The molecule has 0 unspecified atom stereocenters. The van der Waals surface area contributed by atoms with E-state index in [1.165, 1.54) is 38.1 Å². The molecule has 2 N–H and O–H groups in total. The first-order valence-electron chi connectivity index (χ1n) is 11.3. The second-order valence-electron chi connectivity index (χ2n) is 10.6. The van der Waals surface area contributed by atoms with Crippen LogP contribution in [0.25, 0.3) is 11.4 Å². The van der Waals surface area contributed by atoms with Crippen LogP contribution in [-0.4, -0.2) is 44.1 Å². The first-order valence-corrected chi connectivity index (χ1v) is 11.3. The molecule has 2 atom stereocenters. The zero-order chi connectivity index (χ0) is 27.6. The lowest BCUT2D eigenvalue weighted by atomic mass is 9.84. The summed E-state index contributed by atoms with van der Waals surface area (Å²) in [6.07, 6.45) is -1.97. The van der Waals surface area contributed by atoms with E-state index in [9.17, 15) is 29.4 Å². The van der Waals surface area contributed by atoms with E-state index in [4.69, 9.17) is 9.47 Å². The standard InChI is InChI=1S/C26H32N2O8/c1-13(29)35-21(25(3,4)5)19-15(23(31)32)9-11-17(27-19)18-12-10-16(24(33)34)20(28-18)22(26(6,7)8)36-14(2)30/h9-12,21-22H,1-8H3,(H,31,32)(H,33,34)/t21-,22-/m1/s1. The molecule has 0 aliphatic carbocycles. The van der Waals surface area contributed by atoms with Crippen LogP contribution in [0.2, 0.25) is 0 Å². The fourth-order valence-electron chi connectivity index (χ4n) is 3.61. The van der Waals surface area contributed by atoms with E-state index in [2.05, 4.69) is 9.97 Å². The molecule has 0 saturated heterocycles. The molecule has 2 rings (SSSR count). The van der Waals surface area contributed by atoms with Crippen molar-refractivity contribution < 1.29 is 38.9 Å². The van der Waals surface area contributed by atoms with Crippen LogP contribution >= 0.6 is 0 Å². The van der Waals surface area contributed by atoms with Gasteiger partial charge in [0.1, 0.15) is 12.2 Å². The van der Waals surface area contributed by atoms with Gasteiger partial charge in [0.25, 0.3) is 0 Å². The van der Waals surface area contributed by atoms with Crippen molar-refractivity contribution >= 4 is 23.9 Å².